The second kappa shape index (κ2) is 3.76. The van der Waals surface area contributed by atoms with Gasteiger partial charge in [0.25, 0.3) is 0 Å². The van der Waals surface area contributed by atoms with Gasteiger partial charge in [-0.25, -0.2) is 0 Å². The summed E-state index contributed by atoms with van der Waals surface area (Å²) in [7, 11) is -2.32. The standard InChI is InChI=1S/C6H11O2P/c1-4-6(5(2)3)9(7)8/h4H2,1-3H3. The molecule has 0 aliphatic carbocycles. The highest BCUT2D eigenvalue weighted by Crippen LogP contribution is 2.28. The van der Waals surface area contributed by atoms with Crippen molar-refractivity contribution in [3.05, 3.63) is 10.9 Å². The Balaban J connectivity index is 4.35. The molecule has 0 aliphatic rings. The van der Waals surface area contributed by atoms with Gasteiger partial charge in [0.2, 0.25) is 0 Å². The number of rotatable bonds is 2. The van der Waals surface area contributed by atoms with Crippen LogP contribution in [0.25, 0.3) is 0 Å². The molecular formula is C6H11O2P. The zero-order valence-corrected chi connectivity index (χ0v) is 6.87. The maximum Gasteiger partial charge on any atom is 0.344 e. The Morgan fingerprint density at radius 1 is 1.56 bits per heavy atom. The van der Waals surface area contributed by atoms with Crippen LogP contribution in [0.5, 0.6) is 0 Å². The van der Waals surface area contributed by atoms with Crippen LogP contribution in [0.15, 0.2) is 10.9 Å². The van der Waals surface area contributed by atoms with Crippen molar-refractivity contribution in [1.29, 1.82) is 0 Å². The molecule has 1 unspecified atom stereocenters. The van der Waals surface area contributed by atoms with Crippen LogP contribution in [0.1, 0.15) is 27.2 Å². The Morgan fingerprint density at radius 2 is 2.00 bits per heavy atom. The Kier molecular flexibility index (Phi) is 3.67. The maximum absolute atomic E-state index is 10.4. The van der Waals surface area contributed by atoms with Crippen molar-refractivity contribution in [2.75, 3.05) is 0 Å². The molecule has 0 spiro atoms. The first-order chi connectivity index (χ1) is 4.09. The van der Waals surface area contributed by atoms with E-state index in [1.54, 1.807) is 0 Å². The van der Waals surface area contributed by atoms with Gasteiger partial charge in [0, 0.05) is 6.42 Å². The summed E-state index contributed by atoms with van der Waals surface area (Å²) in [5, 5.41) is 0.560. The summed E-state index contributed by atoms with van der Waals surface area (Å²) in [6, 6.07) is 0. The molecule has 0 aromatic rings. The lowest BCUT2D eigenvalue weighted by molar-refractivity contribution is -0.162. The van der Waals surface area contributed by atoms with Crippen molar-refractivity contribution < 1.29 is 9.46 Å². The van der Waals surface area contributed by atoms with E-state index in [-0.39, 0.29) is 0 Å². The lowest BCUT2D eigenvalue weighted by Gasteiger charge is -1.93. The van der Waals surface area contributed by atoms with E-state index in [9.17, 15) is 9.46 Å². The molecule has 0 heterocycles. The Bertz CT molecular complexity index is 145. The van der Waals surface area contributed by atoms with Crippen LogP contribution in [0.3, 0.4) is 0 Å². The molecule has 0 fully saturated rings. The van der Waals surface area contributed by atoms with Crippen LogP contribution in [0, 0.1) is 0 Å². The van der Waals surface area contributed by atoms with Gasteiger partial charge in [-0.3, -0.25) is 0 Å². The molecule has 0 aliphatic heterocycles. The molecule has 9 heavy (non-hydrogen) atoms. The zero-order valence-electron chi connectivity index (χ0n) is 5.97. The van der Waals surface area contributed by atoms with Gasteiger partial charge in [-0.05, 0) is 19.4 Å². The summed E-state index contributed by atoms with van der Waals surface area (Å²) in [4.78, 5) is 10.4. The second-order valence-electron chi connectivity index (χ2n) is 2.06. The van der Waals surface area contributed by atoms with E-state index in [0.29, 0.717) is 11.7 Å². The topological polar surface area (TPSA) is 40.1 Å². The summed E-state index contributed by atoms with van der Waals surface area (Å²) in [6.07, 6.45) is 0.612. The van der Waals surface area contributed by atoms with Crippen LogP contribution in [-0.4, -0.2) is 0 Å². The summed E-state index contributed by atoms with van der Waals surface area (Å²) in [5.41, 5.74) is 0.897. The van der Waals surface area contributed by atoms with E-state index in [0.717, 1.165) is 5.57 Å². The monoisotopic (exact) mass is 146 g/mol. The van der Waals surface area contributed by atoms with Gasteiger partial charge in [-0.1, -0.05) is 11.5 Å². The van der Waals surface area contributed by atoms with E-state index in [1.807, 2.05) is 20.8 Å². The number of allylic oxidation sites excluding steroid dienone is 2. The summed E-state index contributed by atoms with van der Waals surface area (Å²) in [5.74, 6) is 0. The quantitative estimate of drug-likeness (QED) is 0.557. The van der Waals surface area contributed by atoms with Gasteiger partial charge >= 0.3 is 8.03 Å². The van der Waals surface area contributed by atoms with E-state index in [1.165, 1.54) is 0 Å². The highest BCUT2D eigenvalue weighted by Gasteiger charge is 2.09. The average Bonchev–Trinajstić information content (AvgIpc) is 1.64. The fourth-order valence-corrected chi connectivity index (χ4v) is 1.29. The third-order valence-electron chi connectivity index (χ3n) is 1.13. The van der Waals surface area contributed by atoms with E-state index in [4.69, 9.17) is 0 Å². The Hall–Kier alpha value is -0.200. The van der Waals surface area contributed by atoms with Crippen molar-refractivity contribution in [3.63, 3.8) is 0 Å². The molecule has 1 atom stereocenters. The largest absolute Gasteiger partial charge is 0.591 e. The van der Waals surface area contributed by atoms with Crippen LogP contribution in [-0.2, 0) is 4.57 Å². The molecule has 0 bridgehead atoms. The zero-order chi connectivity index (χ0) is 7.44. The van der Waals surface area contributed by atoms with Crippen LogP contribution in [0.2, 0.25) is 0 Å². The second-order valence-corrected chi connectivity index (χ2v) is 3.11. The fourth-order valence-electron chi connectivity index (χ4n) is 0.665. The maximum atomic E-state index is 10.4. The molecule has 52 valence electrons. The van der Waals surface area contributed by atoms with E-state index < -0.39 is 8.03 Å². The Labute approximate surface area is 56.5 Å². The normalized spacial score (nSPS) is 10.9. The van der Waals surface area contributed by atoms with Gasteiger partial charge in [0.15, 0.2) is 5.31 Å². The summed E-state index contributed by atoms with van der Waals surface area (Å²) < 4.78 is 10.4. The molecule has 3 heteroatoms. The lowest BCUT2D eigenvalue weighted by atomic mass is 10.3. The molecule has 0 radical (unpaired) electrons. The van der Waals surface area contributed by atoms with Crippen LogP contribution >= 0.6 is 8.03 Å². The lowest BCUT2D eigenvalue weighted by Crippen LogP contribution is -1.90. The van der Waals surface area contributed by atoms with Gasteiger partial charge in [0.05, 0.1) is 0 Å². The molecule has 0 aromatic heterocycles. The average molecular weight is 146 g/mol. The molecule has 0 aromatic carbocycles. The minimum atomic E-state index is -2.32. The smallest absolute Gasteiger partial charge is 0.344 e. The van der Waals surface area contributed by atoms with Gasteiger partial charge in [-0.15, -0.1) is 0 Å². The van der Waals surface area contributed by atoms with Crippen LogP contribution < -0.4 is 4.89 Å². The van der Waals surface area contributed by atoms with Gasteiger partial charge in [-0.2, -0.15) is 0 Å². The van der Waals surface area contributed by atoms with Gasteiger partial charge in [0.1, 0.15) is 0 Å². The van der Waals surface area contributed by atoms with Crippen molar-refractivity contribution in [1.82, 2.24) is 0 Å². The number of hydrogen-bond acceptors (Lipinski definition) is 2. The molecular weight excluding hydrogens is 135 g/mol. The fraction of sp³-hybridized carbons (Fsp3) is 0.667. The molecule has 2 nitrogen and oxygen atoms in total. The molecule has 0 amide bonds. The number of hydrogen-bond donors (Lipinski definition) is 0. The first-order valence-electron chi connectivity index (χ1n) is 2.90. The first kappa shape index (κ1) is 8.80. The van der Waals surface area contributed by atoms with Crippen molar-refractivity contribution >= 4 is 8.03 Å². The molecule has 0 saturated heterocycles. The molecule has 0 rings (SSSR count). The predicted octanol–water partition coefficient (Wildman–Crippen LogP) is 1.79. The van der Waals surface area contributed by atoms with Gasteiger partial charge < -0.3 is 4.89 Å². The third kappa shape index (κ3) is 2.73. The van der Waals surface area contributed by atoms with Crippen LogP contribution in [0.4, 0.5) is 0 Å². The minimum Gasteiger partial charge on any atom is -0.591 e. The highest BCUT2D eigenvalue weighted by atomic mass is 31.1. The summed E-state index contributed by atoms with van der Waals surface area (Å²) >= 11 is 0. The van der Waals surface area contributed by atoms with Crippen molar-refractivity contribution in [2.45, 2.75) is 27.2 Å². The van der Waals surface area contributed by atoms with E-state index in [2.05, 4.69) is 0 Å². The van der Waals surface area contributed by atoms with Crippen molar-refractivity contribution in [3.8, 4) is 0 Å². The summed E-state index contributed by atoms with van der Waals surface area (Å²) in [6.45, 7) is 5.46. The molecule has 0 N–H and O–H groups in total. The van der Waals surface area contributed by atoms with E-state index >= 15 is 0 Å². The minimum absolute atomic E-state index is 0.560. The van der Waals surface area contributed by atoms with Crippen molar-refractivity contribution in [2.24, 2.45) is 0 Å². The Morgan fingerprint density at radius 3 is 2.00 bits per heavy atom. The molecule has 0 saturated carbocycles. The first-order valence-corrected chi connectivity index (χ1v) is 4.08. The SMILES string of the molecule is CCC(=C(C)C)[P+](=O)[O-]. The highest BCUT2D eigenvalue weighted by molar-refractivity contribution is 7.41. The third-order valence-corrected chi connectivity index (χ3v) is 2.34. The predicted molar refractivity (Wildman–Crippen MR) is 36.3 cm³/mol.